The summed E-state index contributed by atoms with van der Waals surface area (Å²) in [6, 6.07) is 11.6. The van der Waals surface area contributed by atoms with Gasteiger partial charge < -0.3 is 20.1 Å². The van der Waals surface area contributed by atoms with Crippen LogP contribution in [0.15, 0.2) is 42.6 Å². The van der Waals surface area contributed by atoms with Gasteiger partial charge >= 0.3 is 0 Å². The number of aromatic nitrogens is 2. The molecule has 0 unspecified atom stereocenters. The van der Waals surface area contributed by atoms with E-state index < -0.39 is 0 Å². The van der Waals surface area contributed by atoms with Gasteiger partial charge in [-0.2, -0.15) is 5.10 Å². The second-order valence-electron chi connectivity index (χ2n) is 8.17. The Morgan fingerprint density at radius 1 is 1.03 bits per heavy atom. The molecule has 2 heterocycles. The molecule has 1 aliphatic heterocycles. The van der Waals surface area contributed by atoms with Gasteiger partial charge in [0.1, 0.15) is 0 Å². The molecule has 2 aromatic carbocycles. The standard InChI is InChI=1S/C25H30N4O3/c1-16-5-7-20(13-17(16)2)29-24(18-9-11-26-12-10-18)21(15-27-29)25(30)28-19-6-8-22(31-3)23(14-19)32-4/h5-8,13-15,18,26H,9-12H2,1-4H3,(H,28,30). The average Bonchev–Trinajstić information content (AvgIpc) is 3.26. The summed E-state index contributed by atoms with van der Waals surface area (Å²) in [6.07, 6.45) is 3.61. The summed E-state index contributed by atoms with van der Waals surface area (Å²) in [5.41, 5.74) is 5.62. The van der Waals surface area contributed by atoms with Gasteiger partial charge in [0.2, 0.25) is 0 Å². The first-order valence-corrected chi connectivity index (χ1v) is 10.9. The van der Waals surface area contributed by atoms with E-state index in [0.717, 1.165) is 37.3 Å². The number of rotatable bonds is 6. The van der Waals surface area contributed by atoms with Crippen LogP contribution in [-0.4, -0.2) is 43.0 Å². The van der Waals surface area contributed by atoms with Crippen molar-refractivity contribution in [3.63, 3.8) is 0 Å². The van der Waals surface area contributed by atoms with Crippen LogP contribution in [0.2, 0.25) is 0 Å². The molecule has 1 saturated heterocycles. The Hall–Kier alpha value is -3.32. The fraction of sp³-hybridized carbons (Fsp3) is 0.360. The van der Waals surface area contributed by atoms with Crippen LogP contribution in [0.25, 0.3) is 5.69 Å². The van der Waals surface area contributed by atoms with Gasteiger partial charge in [-0.25, -0.2) is 4.68 Å². The lowest BCUT2D eigenvalue weighted by molar-refractivity contribution is 0.102. The summed E-state index contributed by atoms with van der Waals surface area (Å²) in [6.45, 7) is 6.05. The normalized spacial score (nSPS) is 14.2. The first kappa shape index (κ1) is 21.9. The van der Waals surface area contributed by atoms with E-state index in [1.54, 1.807) is 38.6 Å². The van der Waals surface area contributed by atoms with E-state index in [4.69, 9.17) is 9.47 Å². The highest BCUT2D eigenvalue weighted by Gasteiger charge is 2.27. The minimum atomic E-state index is -0.180. The highest BCUT2D eigenvalue weighted by atomic mass is 16.5. The highest BCUT2D eigenvalue weighted by molar-refractivity contribution is 6.05. The number of amides is 1. The van der Waals surface area contributed by atoms with Crippen molar-refractivity contribution in [3.8, 4) is 17.2 Å². The Labute approximate surface area is 188 Å². The molecule has 2 N–H and O–H groups in total. The van der Waals surface area contributed by atoms with Gasteiger partial charge in [-0.05, 0) is 75.2 Å². The number of anilines is 1. The van der Waals surface area contributed by atoms with E-state index in [9.17, 15) is 4.79 Å². The number of nitrogens with zero attached hydrogens (tertiary/aromatic N) is 2. The number of carbonyl (C=O) groups is 1. The van der Waals surface area contributed by atoms with Crippen LogP contribution in [0.1, 0.15) is 45.9 Å². The first-order valence-electron chi connectivity index (χ1n) is 10.9. The molecule has 1 fully saturated rings. The summed E-state index contributed by atoms with van der Waals surface area (Å²) in [7, 11) is 3.16. The van der Waals surface area contributed by atoms with Gasteiger partial charge in [-0.3, -0.25) is 4.79 Å². The summed E-state index contributed by atoms with van der Waals surface area (Å²) in [5, 5.41) is 11.1. The molecule has 32 heavy (non-hydrogen) atoms. The number of nitrogens with one attached hydrogen (secondary N) is 2. The number of hydrogen-bond donors (Lipinski definition) is 2. The molecule has 7 heteroatoms. The van der Waals surface area contributed by atoms with Crippen molar-refractivity contribution < 1.29 is 14.3 Å². The molecule has 1 aliphatic rings. The van der Waals surface area contributed by atoms with Crippen molar-refractivity contribution in [1.82, 2.24) is 15.1 Å². The highest BCUT2D eigenvalue weighted by Crippen LogP contribution is 2.33. The zero-order valence-electron chi connectivity index (χ0n) is 19.1. The zero-order chi connectivity index (χ0) is 22.7. The van der Waals surface area contributed by atoms with Crippen LogP contribution in [-0.2, 0) is 0 Å². The van der Waals surface area contributed by atoms with Gasteiger partial charge in [-0.15, -0.1) is 0 Å². The Bertz CT molecular complexity index is 1120. The Balaban J connectivity index is 1.71. The molecular formula is C25H30N4O3. The Morgan fingerprint density at radius 3 is 2.47 bits per heavy atom. The number of carbonyl (C=O) groups excluding carboxylic acids is 1. The lowest BCUT2D eigenvalue weighted by Crippen LogP contribution is -2.29. The molecule has 0 spiro atoms. The predicted octanol–water partition coefficient (Wildman–Crippen LogP) is 4.23. The quantitative estimate of drug-likeness (QED) is 0.607. The minimum Gasteiger partial charge on any atom is -0.493 e. The van der Waals surface area contributed by atoms with E-state index in [0.29, 0.717) is 22.7 Å². The Morgan fingerprint density at radius 2 is 1.78 bits per heavy atom. The Kier molecular flexibility index (Phi) is 6.46. The topological polar surface area (TPSA) is 77.4 Å². The van der Waals surface area contributed by atoms with Crippen LogP contribution in [0.3, 0.4) is 0 Å². The summed E-state index contributed by atoms with van der Waals surface area (Å²) < 4.78 is 12.6. The van der Waals surface area contributed by atoms with Crippen molar-refractivity contribution in [2.24, 2.45) is 0 Å². The SMILES string of the molecule is COc1ccc(NC(=O)c2cnn(-c3ccc(C)c(C)c3)c2C2CCNCC2)cc1OC. The van der Waals surface area contributed by atoms with E-state index in [2.05, 4.69) is 47.8 Å². The lowest BCUT2D eigenvalue weighted by atomic mass is 9.91. The van der Waals surface area contributed by atoms with Crippen molar-refractivity contribution in [2.45, 2.75) is 32.6 Å². The van der Waals surface area contributed by atoms with Crippen molar-refractivity contribution >= 4 is 11.6 Å². The average molecular weight is 435 g/mol. The van der Waals surface area contributed by atoms with Gasteiger partial charge in [0.05, 0.1) is 37.4 Å². The molecule has 0 atom stereocenters. The number of methoxy groups -OCH3 is 2. The zero-order valence-corrected chi connectivity index (χ0v) is 19.1. The molecule has 7 nitrogen and oxygen atoms in total. The molecule has 0 aliphatic carbocycles. The fourth-order valence-electron chi connectivity index (χ4n) is 4.20. The van der Waals surface area contributed by atoms with Gasteiger partial charge in [0.15, 0.2) is 11.5 Å². The largest absolute Gasteiger partial charge is 0.493 e. The number of piperidine rings is 1. The molecule has 168 valence electrons. The van der Waals surface area contributed by atoms with Crippen molar-refractivity contribution in [2.75, 3.05) is 32.6 Å². The smallest absolute Gasteiger partial charge is 0.259 e. The van der Waals surface area contributed by atoms with Crippen LogP contribution < -0.4 is 20.1 Å². The van der Waals surface area contributed by atoms with E-state index in [1.807, 2.05) is 4.68 Å². The second-order valence-corrected chi connectivity index (χ2v) is 8.17. The van der Waals surface area contributed by atoms with Crippen LogP contribution in [0, 0.1) is 13.8 Å². The summed E-state index contributed by atoms with van der Waals surface area (Å²) in [5.74, 6) is 1.26. The summed E-state index contributed by atoms with van der Waals surface area (Å²) in [4.78, 5) is 13.3. The molecule has 0 bridgehead atoms. The van der Waals surface area contributed by atoms with Crippen LogP contribution in [0.5, 0.6) is 11.5 Å². The number of aryl methyl sites for hydroxylation is 2. The number of hydrogen-bond acceptors (Lipinski definition) is 5. The molecule has 0 saturated carbocycles. The van der Waals surface area contributed by atoms with Gasteiger partial charge in [-0.1, -0.05) is 6.07 Å². The first-order chi connectivity index (χ1) is 15.5. The maximum atomic E-state index is 13.3. The molecule has 1 amide bonds. The van der Waals surface area contributed by atoms with Crippen molar-refractivity contribution in [1.29, 1.82) is 0 Å². The maximum absolute atomic E-state index is 13.3. The van der Waals surface area contributed by atoms with Gasteiger partial charge in [0, 0.05) is 17.7 Å². The lowest BCUT2D eigenvalue weighted by Gasteiger charge is -2.25. The van der Waals surface area contributed by atoms with E-state index in [1.165, 1.54) is 11.1 Å². The molecular weight excluding hydrogens is 404 g/mol. The maximum Gasteiger partial charge on any atom is 0.259 e. The van der Waals surface area contributed by atoms with Gasteiger partial charge in [0.25, 0.3) is 5.91 Å². The van der Waals surface area contributed by atoms with Crippen LogP contribution in [0.4, 0.5) is 5.69 Å². The third kappa shape index (κ3) is 4.34. The van der Waals surface area contributed by atoms with E-state index >= 15 is 0 Å². The van der Waals surface area contributed by atoms with Crippen molar-refractivity contribution in [3.05, 3.63) is 65.0 Å². The van der Waals surface area contributed by atoms with E-state index in [-0.39, 0.29) is 11.8 Å². The number of benzene rings is 2. The molecule has 1 aromatic heterocycles. The predicted molar refractivity (Wildman–Crippen MR) is 125 cm³/mol. The van der Waals surface area contributed by atoms with Crippen LogP contribution >= 0.6 is 0 Å². The third-order valence-electron chi connectivity index (χ3n) is 6.15. The second kappa shape index (κ2) is 9.44. The fourth-order valence-corrected chi connectivity index (χ4v) is 4.20. The third-order valence-corrected chi connectivity index (χ3v) is 6.15. The molecule has 4 rings (SSSR count). The number of ether oxygens (including phenoxy) is 2. The summed E-state index contributed by atoms with van der Waals surface area (Å²) >= 11 is 0. The molecule has 3 aromatic rings. The minimum absolute atomic E-state index is 0.180. The molecule has 0 radical (unpaired) electrons. The monoisotopic (exact) mass is 434 g/mol.